The third kappa shape index (κ3) is 4.41. The molecule has 1 aromatic heterocycles. The van der Waals surface area contributed by atoms with Gasteiger partial charge in [-0.05, 0) is 44.9 Å². The number of carbonyl (C=O) groups excluding carboxylic acids is 2. The molecule has 1 heterocycles. The van der Waals surface area contributed by atoms with Crippen LogP contribution in [0.3, 0.4) is 0 Å². The maximum atomic E-state index is 13.6. The van der Waals surface area contributed by atoms with Crippen molar-refractivity contribution >= 4 is 17.4 Å². The Bertz CT molecular complexity index is 904. The Morgan fingerprint density at radius 2 is 1.64 bits per heavy atom. The van der Waals surface area contributed by atoms with Gasteiger partial charge in [0.1, 0.15) is 5.69 Å². The average molecular weight is 383 g/mol. The highest BCUT2D eigenvalue weighted by molar-refractivity contribution is 6.16. The molecule has 0 fully saturated rings. The second-order valence-electron chi connectivity index (χ2n) is 8.20. The number of carbonyl (C=O) groups is 2. The predicted molar refractivity (Wildman–Crippen MR) is 112 cm³/mol. The van der Waals surface area contributed by atoms with Gasteiger partial charge in [-0.25, -0.2) is 4.98 Å². The third-order valence-corrected chi connectivity index (χ3v) is 4.65. The van der Waals surface area contributed by atoms with E-state index in [2.05, 4.69) is 10.3 Å². The van der Waals surface area contributed by atoms with Crippen LogP contribution in [-0.2, 0) is 11.2 Å². The number of anilines is 1. The summed E-state index contributed by atoms with van der Waals surface area (Å²) in [5, 5.41) is 2.90. The molecule has 150 valence electrons. The molecule has 1 N–H and O–H groups in total. The predicted octanol–water partition coefficient (Wildman–Crippen LogP) is 4.79. The fraction of sp³-hybridized carbons (Fsp3) is 0.435. The standard InChI is InChI=1S/C23H30N2O3/c1-9-17-15(4)24-21(28-8)19(25-22(27)23(5,6)7)18(17)20(26)16-11-13(2)10-14(3)12-16/h10-12H,9H2,1-8H3,(H,25,27). The summed E-state index contributed by atoms with van der Waals surface area (Å²) in [7, 11) is 1.49. The lowest BCUT2D eigenvalue weighted by molar-refractivity contribution is -0.123. The molecule has 5 nitrogen and oxygen atoms in total. The third-order valence-electron chi connectivity index (χ3n) is 4.65. The highest BCUT2D eigenvalue weighted by Crippen LogP contribution is 2.34. The lowest BCUT2D eigenvalue weighted by atomic mass is 9.91. The van der Waals surface area contributed by atoms with E-state index < -0.39 is 5.41 Å². The fourth-order valence-electron chi connectivity index (χ4n) is 3.21. The van der Waals surface area contributed by atoms with Gasteiger partial charge in [0, 0.05) is 16.7 Å². The normalized spacial score (nSPS) is 11.3. The van der Waals surface area contributed by atoms with Gasteiger partial charge in [-0.2, -0.15) is 0 Å². The highest BCUT2D eigenvalue weighted by atomic mass is 16.5. The monoisotopic (exact) mass is 382 g/mol. The first-order valence-corrected chi connectivity index (χ1v) is 9.51. The van der Waals surface area contributed by atoms with Crippen molar-refractivity contribution in [2.75, 3.05) is 12.4 Å². The second kappa shape index (κ2) is 8.13. The van der Waals surface area contributed by atoms with E-state index in [4.69, 9.17) is 4.74 Å². The van der Waals surface area contributed by atoms with E-state index >= 15 is 0 Å². The fourth-order valence-corrected chi connectivity index (χ4v) is 3.21. The van der Waals surface area contributed by atoms with Crippen molar-refractivity contribution in [1.29, 1.82) is 0 Å². The number of ketones is 1. The summed E-state index contributed by atoms with van der Waals surface area (Å²) in [5.41, 5.74) is 4.33. The van der Waals surface area contributed by atoms with Crippen LogP contribution in [0.25, 0.3) is 0 Å². The van der Waals surface area contributed by atoms with E-state index in [0.29, 0.717) is 23.2 Å². The van der Waals surface area contributed by atoms with Crippen molar-refractivity contribution in [3.05, 3.63) is 51.7 Å². The summed E-state index contributed by atoms with van der Waals surface area (Å²) in [6.07, 6.45) is 0.618. The van der Waals surface area contributed by atoms with Crippen LogP contribution in [0.1, 0.15) is 66.0 Å². The van der Waals surface area contributed by atoms with E-state index in [0.717, 1.165) is 22.4 Å². The number of methoxy groups -OCH3 is 1. The molecule has 2 rings (SSSR count). The van der Waals surface area contributed by atoms with Gasteiger partial charge in [0.05, 0.1) is 12.7 Å². The lowest BCUT2D eigenvalue weighted by Gasteiger charge is -2.22. The number of pyridine rings is 1. The Labute approximate surface area is 167 Å². The number of benzene rings is 1. The van der Waals surface area contributed by atoms with Gasteiger partial charge in [0.15, 0.2) is 5.78 Å². The average Bonchev–Trinajstić information content (AvgIpc) is 2.59. The SMILES string of the molecule is CCc1c(C)nc(OC)c(NC(=O)C(C)(C)C)c1C(=O)c1cc(C)cc(C)c1. The van der Waals surface area contributed by atoms with Gasteiger partial charge in [-0.3, -0.25) is 9.59 Å². The number of hydrogen-bond acceptors (Lipinski definition) is 4. The molecular weight excluding hydrogens is 352 g/mol. The van der Waals surface area contributed by atoms with Crippen LogP contribution >= 0.6 is 0 Å². The molecule has 0 spiro atoms. The minimum Gasteiger partial charge on any atom is -0.479 e. The first-order valence-electron chi connectivity index (χ1n) is 9.51. The zero-order valence-electron chi connectivity index (χ0n) is 18.1. The summed E-state index contributed by atoms with van der Waals surface area (Å²) in [4.78, 5) is 30.7. The quantitative estimate of drug-likeness (QED) is 0.755. The number of hydrogen-bond donors (Lipinski definition) is 1. The van der Waals surface area contributed by atoms with Gasteiger partial charge in [0.25, 0.3) is 0 Å². The Balaban J connectivity index is 2.76. The molecule has 0 aliphatic carbocycles. The van der Waals surface area contributed by atoms with Crippen LogP contribution in [0.2, 0.25) is 0 Å². The smallest absolute Gasteiger partial charge is 0.238 e. The van der Waals surface area contributed by atoms with Crippen molar-refractivity contribution in [1.82, 2.24) is 4.98 Å². The number of nitrogens with one attached hydrogen (secondary N) is 1. The van der Waals surface area contributed by atoms with E-state index in [-0.39, 0.29) is 17.6 Å². The first-order chi connectivity index (χ1) is 13.0. The molecule has 0 atom stereocenters. The maximum Gasteiger partial charge on any atom is 0.238 e. The molecule has 5 heteroatoms. The van der Waals surface area contributed by atoms with Crippen LogP contribution in [-0.4, -0.2) is 23.8 Å². The largest absolute Gasteiger partial charge is 0.479 e. The van der Waals surface area contributed by atoms with Crippen LogP contribution in [0, 0.1) is 26.2 Å². The maximum absolute atomic E-state index is 13.6. The molecule has 0 aliphatic heterocycles. The molecule has 1 amide bonds. The molecule has 0 aliphatic rings. The topological polar surface area (TPSA) is 68.3 Å². The number of amides is 1. The lowest BCUT2D eigenvalue weighted by Crippen LogP contribution is -2.29. The van der Waals surface area contributed by atoms with Gasteiger partial charge >= 0.3 is 0 Å². The van der Waals surface area contributed by atoms with Crippen molar-refractivity contribution < 1.29 is 14.3 Å². The molecular formula is C23H30N2O3. The van der Waals surface area contributed by atoms with E-state index in [1.165, 1.54) is 7.11 Å². The highest BCUT2D eigenvalue weighted by Gasteiger charge is 2.29. The number of aromatic nitrogens is 1. The Kier molecular flexibility index (Phi) is 6.27. The molecule has 0 unspecified atom stereocenters. The van der Waals surface area contributed by atoms with Crippen LogP contribution in [0.5, 0.6) is 5.88 Å². The number of aryl methyl sites for hydroxylation is 3. The minimum atomic E-state index is -0.623. The van der Waals surface area contributed by atoms with Gasteiger partial charge < -0.3 is 10.1 Å². The molecule has 28 heavy (non-hydrogen) atoms. The Morgan fingerprint density at radius 1 is 1.07 bits per heavy atom. The number of ether oxygens (including phenoxy) is 1. The van der Waals surface area contributed by atoms with Crippen molar-refractivity contribution in [2.24, 2.45) is 5.41 Å². The summed E-state index contributed by atoms with van der Waals surface area (Å²) in [5.74, 6) is -0.0929. The molecule has 2 aromatic rings. The molecule has 0 saturated carbocycles. The number of rotatable bonds is 5. The second-order valence-corrected chi connectivity index (χ2v) is 8.20. The molecule has 1 aromatic carbocycles. The Morgan fingerprint density at radius 3 is 2.11 bits per heavy atom. The van der Waals surface area contributed by atoms with E-state index in [1.54, 1.807) is 0 Å². The zero-order chi connectivity index (χ0) is 21.2. The summed E-state index contributed by atoms with van der Waals surface area (Å²) in [6, 6.07) is 5.76. The Hall–Kier alpha value is -2.69. The van der Waals surface area contributed by atoms with Crippen molar-refractivity contribution in [2.45, 2.75) is 54.9 Å². The van der Waals surface area contributed by atoms with Crippen LogP contribution in [0.15, 0.2) is 18.2 Å². The van der Waals surface area contributed by atoms with Gasteiger partial charge in [0.2, 0.25) is 11.8 Å². The first kappa shape index (κ1) is 21.6. The molecule has 0 bridgehead atoms. The van der Waals surface area contributed by atoms with Gasteiger partial charge in [-0.15, -0.1) is 0 Å². The van der Waals surface area contributed by atoms with Gasteiger partial charge in [-0.1, -0.05) is 44.9 Å². The molecule has 0 saturated heterocycles. The van der Waals surface area contributed by atoms with E-state index in [9.17, 15) is 9.59 Å². The molecule has 0 radical (unpaired) electrons. The van der Waals surface area contributed by atoms with Crippen LogP contribution in [0.4, 0.5) is 5.69 Å². The van der Waals surface area contributed by atoms with Crippen molar-refractivity contribution in [3.8, 4) is 5.88 Å². The summed E-state index contributed by atoms with van der Waals surface area (Å²) in [6.45, 7) is 13.2. The minimum absolute atomic E-state index is 0.142. The van der Waals surface area contributed by atoms with Crippen molar-refractivity contribution in [3.63, 3.8) is 0 Å². The number of nitrogens with zero attached hydrogens (tertiary/aromatic N) is 1. The van der Waals surface area contributed by atoms with E-state index in [1.807, 2.05) is 66.7 Å². The van der Waals surface area contributed by atoms with Crippen LogP contribution < -0.4 is 10.1 Å². The zero-order valence-corrected chi connectivity index (χ0v) is 18.1. The summed E-state index contributed by atoms with van der Waals surface area (Å²) < 4.78 is 5.44. The summed E-state index contributed by atoms with van der Waals surface area (Å²) >= 11 is 0.